The molecule has 3 aromatic heterocycles. The predicted molar refractivity (Wildman–Crippen MR) is 128 cm³/mol. The van der Waals surface area contributed by atoms with Gasteiger partial charge in [0.05, 0.1) is 30.5 Å². The number of hydrogen-bond donors (Lipinski definition) is 3. The van der Waals surface area contributed by atoms with Crippen LogP contribution in [0.2, 0.25) is 0 Å². The Bertz CT molecular complexity index is 1620. The average Bonchev–Trinajstić information content (AvgIpc) is 3.44. The summed E-state index contributed by atoms with van der Waals surface area (Å²) in [6, 6.07) is 6.13. The highest BCUT2D eigenvalue weighted by Gasteiger charge is 2.40. The third-order valence-corrected chi connectivity index (χ3v) is 6.01. The van der Waals surface area contributed by atoms with Crippen LogP contribution in [0.5, 0.6) is 0 Å². The van der Waals surface area contributed by atoms with Gasteiger partial charge in [-0.15, -0.1) is 0 Å². The van der Waals surface area contributed by atoms with Crippen LogP contribution in [0.4, 0.5) is 14.7 Å². The molecule has 3 amide bonds. The van der Waals surface area contributed by atoms with Crippen molar-refractivity contribution in [2.75, 3.05) is 11.9 Å². The lowest BCUT2D eigenvalue weighted by Gasteiger charge is -2.23. The minimum Gasteiger partial charge on any atom is -0.364 e. The lowest BCUT2D eigenvalue weighted by atomic mass is 10.0. The van der Waals surface area contributed by atoms with E-state index in [2.05, 4.69) is 30.6 Å². The van der Waals surface area contributed by atoms with E-state index >= 15 is 0 Å². The Morgan fingerprint density at radius 2 is 1.97 bits per heavy atom. The number of primary amides is 1. The van der Waals surface area contributed by atoms with Crippen LogP contribution in [0, 0.1) is 5.95 Å². The number of nitrogens with zero attached hydrogens (tertiary/aromatic N) is 6. The number of alkyl halides is 1. The fourth-order valence-electron chi connectivity index (χ4n) is 4.34. The Balaban J connectivity index is 1.41. The van der Waals surface area contributed by atoms with Crippen LogP contribution in [-0.2, 0) is 16.1 Å². The van der Waals surface area contributed by atoms with E-state index in [-0.39, 0.29) is 18.7 Å². The van der Waals surface area contributed by atoms with Gasteiger partial charge in [-0.05, 0) is 23.8 Å². The smallest absolute Gasteiger partial charge is 0.269 e. The number of fused-ring (bicyclic) bond motifs is 1. The highest BCUT2D eigenvalue weighted by molar-refractivity contribution is 6.05. The third kappa shape index (κ3) is 4.80. The van der Waals surface area contributed by atoms with E-state index < -0.39 is 53.9 Å². The number of aromatic amines is 1. The average molecular weight is 523 g/mol. The summed E-state index contributed by atoms with van der Waals surface area (Å²) in [5, 5.41) is 14.4. The Morgan fingerprint density at radius 1 is 1.16 bits per heavy atom. The fraction of sp³-hybridized carbons (Fsp3) is 0.217. The topological polar surface area (TPSA) is 182 Å². The maximum Gasteiger partial charge on any atom is 0.269 e. The van der Waals surface area contributed by atoms with Crippen molar-refractivity contribution in [3.63, 3.8) is 0 Å². The minimum atomic E-state index is -1.50. The first-order valence-corrected chi connectivity index (χ1v) is 11.3. The van der Waals surface area contributed by atoms with E-state index in [0.717, 1.165) is 10.5 Å². The van der Waals surface area contributed by atoms with Gasteiger partial charge in [-0.2, -0.15) is 24.7 Å². The summed E-state index contributed by atoms with van der Waals surface area (Å²) in [6.07, 6.45) is 1.24. The van der Waals surface area contributed by atoms with E-state index in [0.29, 0.717) is 22.5 Å². The summed E-state index contributed by atoms with van der Waals surface area (Å²) < 4.78 is 29.0. The van der Waals surface area contributed by atoms with Crippen LogP contribution < -0.4 is 16.6 Å². The second-order valence-corrected chi connectivity index (χ2v) is 8.53. The van der Waals surface area contributed by atoms with Gasteiger partial charge in [0.2, 0.25) is 23.7 Å². The first-order valence-electron chi connectivity index (χ1n) is 11.3. The number of H-pyrrole nitrogens is 1. The zero-order valence-corrected chi connectivity index (χ0v) is 19.5. The van der Waals surface area contributed by atoms with Gasteiger partial charge in [-0.3, -0.25) is 34.2 Å². The van der Waals surface area contributed by atoms with Crippen LogP contribution in [0.25, 0.3) is 22.0 Å². The Labute approximate surface area is 211 Å². The van der Waals surface area contributed by atoms with Crippen LogP contribution in [0.3, 0.4) is 0 Å². The van der Waals surface area contributed by atoms with Crippen molar-refractivity contribution in [1.29, 1.82) is 0 Å². The SMILES string of the molecule is NC(=O)c1nn(CC(=O)N2CC(F)CC2C(=O)Nc2nc(F)cc(=O)[nH]2)c2ccc(-c3ccnnc3)cc12. The van der Waals surface area contributed by atoms with Crippen LogP contribution in [0.1, 0.15) is 16.9 Å². The molecule has 0 saturated carbocycles. The monoisotopic (exact) mass is 523 g/mol. The van der Waals surface area contributed by atoms with Crippen LogP contribution in [-0.4, -0.2) is 71.3 Å². The molecule has 0 spiro atoms. The molecule has 1 aromatic carbocycles. The maximum atomic E-state index is 14.3. The van der Waals surface area contributed by atoms with Gasteiger partial charge in [0.15, 0.2) is 5.69 Å². The summed E-state index contributed by atoms with van der Waals surface area (Å²) in [4.78, 5) is 56.0. The van der Waals surface area contributed by atoms with E-state index in [1.165, 1.54) is 10.9 Å². The number of likely N-dealkylation sites (tertiary alicyclic amines) is 1. The standard InChI is InChI=1S/C23H19F2N9O4/c24-13-6-16(22(38)31-23-29-17(25)7-18(35)30-23)33(9-13)19(36)10-34-15-2-1-11(12-3-4-27-28-8-12)5-14(15)20(32-34)21(26)37/h1-5,7-8,13,16H,6,9-10H2,(H2,26,37)(H2,29,30,31,35,38). The predicted octanol–water partition coefficient (Wildman–Crippen LogP) is 0.392. The largest absolute Gasteiger partial charge is 0.364 e. The quantitative estimate of drug-likeness (QED) is 0.303. The summed E-state index contributed by atoms with van der Waals surface area (Å²) in [6.45, 7) is -0.795. The maximum absolute atomic E-state index is 14.3. The van der Waals surface area contributed by atoms with E-state index in [9.17, 15) is 28.0 Å². The first-order chi connectivity index (χ1) is 18.2. The van der Waals surface area contributed by atoms with Crippen molar-refractivity contribution >= 4 is 34.6 Å². The molecule has 4 heterocycles. The zero-order chi connectivity index (χ0) is 27.0. The molecule has 4 N–H and O–H groups in total. The molecule has 1 aliphatic heterocycles. The number of anilines is 1. The number of rotatable bonds is 6. The number of benzene rings is 1. The van der Waals surface area contributed by atoms with Crippen molar-refractivity contribution in [1.82, 2.24) is 34.8 Å². The van der Waals surface area contributed by atoms with Gasteiger partial charge >= 0.3 is 0 Å². The number of carbonyl (C=O) groups is 3. The summed E-state index contributed by atoms with van der Waals surface area (Å²) in [5.74, 6) is -3.92. The molecule has 38 heavy (non-hydrogen) atoms. The van der Waals surface area contributed by atoms with Crippen molar-refractivity contribution in [2.45, 2.75) is 25.2 Å². The van der Waals surface area contributed by atoms with Crippen LogP contribution in [0.15, 0.2) is 47.5 Å². The molecular weight excluding hydrogens is 504 g/mol. The number of nitrogens with one attached hydrogen (secondary N) is 2. The molecule has 0 radical (unpaired) electrons. The fourth-order valence-corrected chi connectivity index (χ4v) is 4.34. The molecule has 1 fully saturated rings. The van der Waals surface area contributed by atoms with Gasteiger partial charge < -0.3 is 10.6 Å². The number of aromatic nitrogens is 6. The van der Waals surface area contributed by atoms with Gasteiger partial charge in [0.25, 0.3) is 11.5 Å². The molecule has 1 saturated heterocycles. The molecule has 2 atom stereocenters. The Kier molecular flexibility index (Phi) is 6.32. The molecular formula is C23H19F2N9O4. The zero-order valence-electron chi connectivity index (χ0n) is 19.5. The van der Waals surface area contributed by atoms with E-state index in [1.807, 2.05) is 0 Å². The molecule has 194 valence electrons. The van der Waals surface area contributed by atoms with E-state index in [1.54, 1.807) is 30.5 Å². The van der Waals surface area contributed by atoms with Gasteiger partial charge in [-0.25, -0.2) is 4.39 Å². The summed E-state index contributed by atoms with van der Waals surface area (Å²) in [7, 11) is 0. The Morgan fingerprint density at radius 3 is 2.68 bits per heavy atom. The number of carbonyl (C=O) groups excluding carboxylic acids is 3. The highest BCUT2D eigenvalue weighted by atomic mass is 19.1. The molecule has 2 unspecified atom stereocenters. The molecule has 0 bridgehead atoms. The number of hydrogen-bond acceptors (Lipinski definition) is 8. The number of halogens is 2. The van der Waals surface area contributed by atoms with Gasteiger partial charge in [0.1, 0.15) is 18.8 Å². The normalized spacial score (nSPS) is 17.1. The van der Waals surface area contributed by atoms with Crippen molar-refractivity contribution in [2.24, 2.45) is 5.73 Å². The van der Waals surface area contributed by atoms with Crippen molar-refractivity contribution in [3.05, 3.63) is 64.7 Å². The van der Waals surface area contributed by atoms with Crippen molar-refractivity contribution < 1.29 is 23.2 Å². The lowest BCUT2D eigenvalue weighted by molar-refractivity contribution is -0.137. The van der Waals surface area contributed by atoms with Gasteiger partial charge in [0, 0.05) is 17.4 Å². The minimum absolute atomic E-state index is 0.0723. The summed E-state index contributed by atoms with van der Waals surface area (Å²) in [5.41, 5.74) is 6.46. The second kappa shape index (κ2) is 9.76. The lowest BCUT2D eigenvalue weighted by Crippen LogP contribution is -2.45. The highest BCUT2D eigenvalue weighted by Crippen LogP contribution is 2.27. The molecule has 1 aliphatic rings. The molecule has 0 aliphatic carbocycles. The van der Waals surface area contributed by atoms with Crippen LogP contribution >= 0.6 is 0 Å². The number of nitrogens with two attached hydrogens (primary N) is 1. The third-order valence-electron chi connectivity index (χ3n) is 6.01. The molecule has 15 heteroatoms. The summed E-state index contributed by atoms with van der Waals surface area (Å²) >= 11 is 0. The number of amides is 3. The first kappa shape index (κ1) is 24.6. The van der Waals surface area contributed by atoms with Gasteiger partial charge in [-0.1, -0.05) is 6.07 Å². The van der Waals surface area contributed by atoms with Crippen molar-refractivity contribution in [3.8, 4) is 11.1 Å². The molecule has 5 rings (SSSR count). The molecule has 13 nitrogen and oxygen atoms in total. The van der Waals surface area contributed by atoms with E-state index in [4.69, 9.17) is 5.73 Å². The second-order valence-electron chi connectivity index (χ2n) is 8.53. The molecule has 4 aromatic rings. The Hall–Kier alpha value is -5.08.